The Morgan fingerprint density at radius 1 is 1.33 bits per heavy atom. The van der Waals surface area contributed by atoms with Crippen molar-refractivity contribution in [2.45, 2.75) is 6.10 Å². The fourth-order valence-corrected chi connectivity index (χ4v) is 3.14. The SMILES string of the molecule is CN1CCN(CC(O)CN(C)c2nc3ccccn3c2C#N)CC1. The molecule has 0 saturated carbocycles. The van der Waals surface area contributed by atoms with Gasteiger partial charge in [-0.3, -0.25) is 9.30 Å². The number of pyridine rings is 1. The first-order valence-electron chi connectivity index (χ1n) is 8.26. The molecule has 7 nitrogen and oxygen atoms in total. The van der Waals surface area contributed by atoms with Gasteiger partial charge < -0.3 is 14.9 Å². The summed E-state index contributed by atoms with van der Waals surface area (Å²) in [6.45, 7) is 5.13. The second-order valence-corrected chi connectivity index (χ2v) is 6.46. The lowest BCUT2D eigenvalue weighted by Gasteiger charge is -2.34. The van der Waals surface area contributed by atoms with Gasteiger partial charge in [0.05, 0.1) is 6.10 Å². The number of aliphatic hydroxyl groups is 1. The summed E-state index contributed by atoms with van der Waals surface area (Å²) in [7, 11) is 3.99. The van der Waals surface area contributed by atoms with Crippen LogP contribution in [0.5, 0.6) is 0 Å². The average Bonchev–Trinajstić information content (AvgIpc) is 2.95. The molecule has 0 aliphatic carbocycles. The van der Waals surface area contributed by atoms with Gasteiger partial charge in [0.2, 0.25) is 0 Å². The Morgan fingerprint density at radius 2 is 2.08 bits per heavy atom. The molecule has 0 bridgehead atoms. The van der Waals surface area contributed by atoms with Crippen molar-refractivity contribution in [1.82, 2.24) is 19.2 Å². The molecule has 3 rings (SSSR count). The Morgan fingerprint density at radius 3 is 2.79 bits per heavy atom. The minimum atomic E-state index is -0.477. The number of hydrogen-bond donors (Lipinski definition) is 1. The minimum Gasteiger partial charge on any atom is -0.390 e. The number of nitrogens with zero attached hydrogens (tertiary/aromatic N) is 6. The van der Waals surface area contributed by atoms with Crippen LogP contribution in [0, 0.1) is 11.3 Å². The van der Waals surface area contributed by atoms with Crippen LogP contribution in [0.1, 0.15) is 5.69 Å². The van der Waals surface area contributed by atoms with E-state index in [1.54, 1.807) is 4.40 Å². The summed E-state index contributed by atoms with van der Waals surface area (Å²) in [5, 5.41) is 19.9. The lowest BCUT2D eigenvalue weighted by atomic mass is 10.2. The first kappa shape index (κ1) is 16.7. The van der Waals surface area contributed by atoms with Crippen LogP contribution >= 0.6 is 0 Å². The third-order valence-electron chi connectivity index (χ3n) is 4.53. The zero-order valence-corrected chi connectivity index (χ0v) is 14.3. The number of rotatable bonds is 5. The molecule has 1 saturated heterocycles. The van der Waals surface area contributed by atoms with Crippen molar-refractivity contribution < 1.29 is 5.11 Å². The third kappa shape index (κ3) is 3.51. The number of fused-ring (bicyclic) bond motifs is 1. The second-order valence-electron chi connectivity index (χ2n) is 6.46. The number of aliphatic hydroxyl groups excluding tert-OH is 1. The van der Waals surface area contributed by atoms with Crippen molar-refractivity contribution in [2.75, 3.05) is 58.3 Å². The number of nitriles is 1. The highest BCUT2D eigenvalue weighted by molar-refractivity contribution is 5.60. The van der Waals surface area contributed by atoms with Gasteiger partial charge >= 0.3 is 0 Å². The molecule has 0 aromatic carbocycles. The maximum Gasteiger partial charge on any atom is 0.169 e. The highest BCUT2D eigenvalue weighted by Gasteiger charge is 2.21. The highest BCUT2D eigenvalue weighted by atomic mass is 16.3. The van der Waals surface area contributed by atoms with Gasteiger partial charge in [-0.2, -0.15) is 5.26 Å². The largest absolute Gasteiger partial charge is 0.390 e. The number of imidazole rings is 1. The monoisotopic (exact) mass is 328 g/mol. The van der Waals surface area contributed by atoms with E-state index in [1.807, 2.05) is 36.3 Å². The summed E-state index contributed by atoms with van der Waals surface area (Å²) in [5.74, 6) is 0.612. The fraction of sp³-hybridized carbons (Fsp3) is 0.529. The number of anilines is 1. The Kier molecular flexibility index (Phi) is 5.00. The normalized spacial score (nSPS) is 17.8. The predicted octanol–water partition coefficient (Wildman–Crippen LogP) is 0.250. The molecule has 2 aromatic rings. The van der Waals surface area contributed by atoms with Gasteiger partial charge in [0, 0.05) is 52.5 Å². The molecule has 7 heteroatoms. The minimum absolute atomic E-state index is 0.449. The van der Waals surface area contributed by atoms with Crippen LogP contribution in [0.3, 0.4) is 0 Å². The molecule has 1 unspecified atom stereocenters. The van der Waals surface area contributed by atoms with Gasteiger partial charge in [-0.05, 0) is 19.2 Å². The second kappa shape index (κ2) is 7.18. The van der Waals surface area contributed by atoms with Crippen molar-refractivity contribution in [1.29, 1.82) is 5.26 Å². The van der Waals surface area contributed by atoms with Crippen LogP contribution < -0.4 is 4.90 Å². The van der Waals surface area contributed by atoms with Crippen LogP contribution in [-0.4, -0.2) is 83.8 Å². The van der Waals surface area contributed by atoms with Gasteiger partial charge in [0.15, 0.2) is 11.5 Å². The molecular weight excluding hydrogens is 304 g/mol. The van der Waals surface area contributed by atoms with Crippen molar-refractivity contribution in [2.24, 2.45) is 0 Å². The quantitative estimate of drug-likeness (QED) is 0.848. The van der Waals surface area contributed by atoms with Crippen molar-refractivity contribution >= 4 is 11.5 Å². The zero-order chi connectivity index (χ0) is 17.1. The molecule has 1 atom stereocenters. The molecular formula is C17H24N6O. The number of aromatic nitrogens is 2. The summed E-state index contributed by atoms with van der Waals surface area (Å²) in [5.41, 5.74) is 1.24. The Balaban J connectivity index is 1.66. The number of likely N-dealkylation sites (N-methyl/N-ethyl adjacent to an activating group) is 2. The van der Waals surface area contributed by atoms with E-state index in [2.05, 4.69) is 27.9 Å². The molecule has 1 N–H and O–H groups in total. The van der Waals surface area contributed by atoms with E-state index in [9.17, 15) is 10.4 Å². The Labute approximate surface area is 142 Å². The van der Waals surface area contributed by atoms with Crippen LogP contribution in [0.15, 0.2) is 24.4 Å². The maximum absolute atomic E-state index is 10.4. The van der Waals surface area contributed by atoms with Crippen molar-refractivity contribution in [3.05, 3.63) is 30.1 Å². The van der Waals surface area contributed by atoms with Gasteiger partial charge in [0.1, 0.15) is 11.7 Å². The molecule has 128 valence electrons. The smallest absolute Gasteiger partial charge is 0.169 e. The highest BCUT2D eigenvalue weighted by Crippen LogP contribution is 2.20. The number of β-amino-alcohol motifs (C(OH)–C–C–N with tert-alkyl or cyclic N) is 1. The summed E-state index contributed by atoms with van der Waals surface area (Å²) in [4.78, 5) is 11.0. The summed E-state index contributed by atoms with van der Waals surface area (Å²) in [6.07, 6.45) is 1.36. The molecule has 1 aliphatic rings. The molecule has 0 spiro atoms. The van der Waals surface area contributed by atoms with Crippen LogP contribution in [0.25, 0.3) is 5.65 Å². The Bertz CT molecular complexity index is 728. The number of piperazine rings is 1. The molecule has 2 aromatic heterocycles. The van der Waals surface area contributed by atoms with E-state index in [1.165, 1.54) is 0 Å². The van der Waals surface area contributed by atoms with E-state index >= 15 is 0 Å². The lowest BCUT2D eigenvalue weighted by molar-refractivity contribution is 0.0842. The first-order chi connectivity index (χ1) is 11.6. The lowest BCUT2D eigenvalue weighted by Crippen LogP contribution is -2.48. The van der Waals surface area contributed by atoms with E-state index in [4.69, 9.17) is 0 Å². The van der Waals surface area contributed by atoms with Crippen LogP contribution in [-0.2, 0) is 0 Å². The maximum atomic E-state index is 10.4. The van der Waals surface area contributed by atoms with Gasteiger partial charge in [-0.25, -0.2) is 4.98 Å². The number of hydrogen-bond acceptors (Lipinski definition) is 6. The van der Waals surface area contributed by atoms with E-state index < -0.39 is 6.10 Å². The Hall–Kier alpha value is -2.14. The first-order valence-corrected chi connectivity index (χ1v) is 8.26. The van der Waals surface area contributed by atoms with Gasteiger partial charge in [0.25, 0.3) is 0 Å². The fourth-order valence-electron chi connectivity index (χ4n) is 3.14. The standard InChI is InChI=1S/C17H24N6O/c1-20-7-9-22(10-8-20)13-14(24)12-21(2)17-15(11-18)23-6-4-3-5-16(23)19-17/h3-6,14,24H,7-10,12-13H2,1-2H3. The zero-order valence-electron chi connectivity index (χ0n) is 14.3. The van der Waals surface area contributed by atoms with Gasteiger partial charge in [-0.15, -0.1) is 0 Å². The molecule has 3 heterocycles. The summed E-state index contributed by atoms with van der Waals surface area (Å²) in [6, 6.07) is 7.87. The topological polar surface area (TPSA) is 71.0 Å². The van der Waals surface area contributed by atoms with E-state index in [0.717, 1.165) is 31.8 Å². The van der Waals surface area contributed by atoms with Gasteiger partial charge in [-0.1, -0.05) is 6.07 Å². The van der Waals surface area contributed by atoms with Crippen LogP contribution in [0.2, 0.25) is 0 Å². The molecule has 1 fully saturated rings. The van der Waals surface area contributed by atoms with E-state index in [-0.39, 0.29) is 0 Å². The van der Waals surface area contributed by atoms with Crippen LogP contribution in [0.4, 0.5) is 5.82 Å². The van der Waals surface area contributed by atoms with Crippen molar-refractivity contribution in [3.63, 3.8) is 0 Å². The predicted molar refractivity (Wildman–Crippen MR) is 93.1 cm³/mol. The molecule has 24 heavy (non-hydrogen) atoms. The third-order valence-corrected chi connectivity index (χ3v) is 4.53. The average molecular weight is 328 g/mol. The summed E-state index contributed by atoms with van der Waals surface area (Å²) >= 11 is 0. The summed E-state index contributed by atoms with van der Waals surface area (Å²) < 4.78 is 1.78. The molecule has 0 radical (unpaired) electrons. The molecule has 1 aliphatic heterocycles. The molecule has 0 amide bonds. The van der Waals surface area contributed by atoms with E-state index in [0.29, 0.717) is 24.6 Å². The van der Waals surface area contributed by atoms with Crippen molar-refractivity contribution in [3.8, 4) is 6.07 Å².